The van der Waals surface area contributed by atoms with Crippen molar-refractivity contribution in [2.45, 2.75) is 31.3 Å². The maximum absolute atomic E-state index is 10.8. The van der Waals surface area contributed by atoms with Crippen LogP contribution < -0.4 is 19.8 Å². The Kier molecular flexibility index (Phi) is 17.4. The minimum Gasteiger partial charge on any atom is -0.871 e. The van der Waals surface area contributed by atoms with E-state index >= 15 is 0 Å². The molecule has 0 aliphatic carbocycles. The van der Waals surface area contributed by atoms with Gasteiger partial charge in [-0.15, -0.1) is 0 Å². The third-order valence-electron chi connectivity index (χ3n) is 7.76. The van der Waals surface area contributed by atoms with Gasteiger partial charge in [-0.2, -0.15) is 0 Å². The van der Waals surface area contributed by atoms with Crippen molar-refractivity contribution in [2.24, 2.45) is 0 Å². The van der Waals surface area contributed by atoms with Crippen molar-refractivity contribution in [3.8, 4) is 0 Å². The molecule has 0 aromatic heterocycles. The van der Waals surface area contributed by atoms with Crippen molar-refractivity contribution in [3.05, 3.63) is 176 Å². The lowest BCUT2D eigenvalue weighted by Gasteiger charge is -2.37. The van der Waals surface area contributed by atoms with Crippen LogP contribution in [0.5, 0.6) is 0 Å². The van der Waals surface area contributed by atoms with Gasteiger partial charge in [0.15, 0.2) is 0 Å². The lowest BCUT2D eigenvalue weighted by Crippen LogP contribution is -3.04. The Labute approximate surface area is 307 Å². The summed E-state index contributed by atoms with van der Waals surface area (Å²) in [5.74, 6) is 0. The Bertz CT molecular complexity index is 1450. The zero-order valence-corrected chi connectivity index (χ0v) is 30.9. The van der Waals surface area contributed by atoms with Crippen LogP contribution in [0.2, 0.25) is 15.1 Å². The second-order valence-corrected chi connectivity index (χ2v) is 13.7. The first kappa shape index (κ1) is 40.3. The summed E-state index contributed by atoms with van der Waals surface area (Å²) in [6, 6.07) is 44.0. The lowest BCUT2D eigenvalue weighted by atomic mass is 9.67. The van der Waals surface area contributed by atoms with E-state index in [1.165, 1.54) is 20.9 Å². The van der Waals surface area contributed by atoms with Crippen molar-refractivity contribution < 1.29 is 24.5 Å². The van der Waals surface area contributed by atoms with Gasteiger partial charge in [-0.1, -0.05) is 132 Å². The van der Waals surface area contributed by atoms with Crippen molar-refractivity contribution in [1.29, 1.82) is 0 Å². The summed E-state index contributed by atoms with van der Waals surface area (Å²) in [5, 5.41) is 23.4. The maximum Gasteiger partial charge on any atom is 0.102 e. The van der Waals surface area contributed by atoms with E-state index in [4.69, 9.17) is 39.5 Å². The summed E-state index contributed by atoms with van der Waals surface area (Å²) < 4.78 is 4.73. The predicted octanol–water partition coefficient (Wildman–Crippen LogP) is 5.15. The van der Waals surface area contributed by atoms with Crippen LogP contribution in [-0.4, -0.2) is 42.1 Å². The Morgan fingerprint density at radius 3 is 1.14 bits per heavy atom. The number of hydrogen-bond donors (Lipinski definition) is 2. The smallest absolute Gasteiger partial charge is 0.102 e. The number of halogens is 3. The second kappa shape index (κ2) is 21.1. The summed E-state index contributed by atoms with van der Waals surface area (Å²) in [4.78, 5) is 2.93. The molecule has 0 aliphatic heterocycles. The number of benzene rings is 5. The molecule has 5 rings (SSSR count). The monoisotopic (exact) mass is 718 g/mol. The molecule has 0 heterocycles. The minimum absolute atomic E-state index is 0.0776. The molecule has 5 aromatic carbocycles. The van der Waals surface area contributed by atoms with Crippen molar-refractivity contribution in [2.75, 3.05) is 34.8 Å². The Morgan fingerprint density at radius 2 is 0.857 bits per heavy atom. The first-order chi connectivity index (χ1) is 23.5. The van der Waals surface area contributed by atoms with Crippen LogP contribution in [0.4, 0.5) is 0 Å². The minimum atomic E-state index is -2.29. The first-order valence-corrected chi connectivity index (χ1v) is 17.5. The molecule has 0 unspecified atom stereocenters. The average molecular weight is 720 g/mol. The highest BCUT2D eigenvalue weighted by Crippen LogP contribution is 2.44. The highest BCUT2D eigenvalue weighted by atomic mass is 35.5. The third kappa shape index (κ3) is 13.9. The number of hydrogen-bond acceptors (Lipinski definition) is 3. The van der Waals surface area contributed by atoms with Crippen LogP contribution in [0.1, 0.15) is 40.7 Å². The molecule has 9 heteroatoms. The molecule has 0 saturated heterocycles. The Morgan fingerprint density at radius 1 is 0.531 bits per heavy atom. The van der Waals surface area contributed by atoms with Crippen LogP contribution in [0, 0.1) is 0 Å². The summed E-state index contributed by atoms with van der Waals surface area (Å²) in [5.41, 5.74) is 5.31. The van der Waals surface area contributed by atoms with E-state index in [0.717, 1.165) is 29.8 Å². The second-order valence-electron chi connectivity index (χ2n) is 12.4. The van der Waals surface area contributed by atoms with Gasteiger partial charge >= 0.3 is 0 Å². The van der Waals surface area contributed by atoms with Crippen LogP contribution in [-0.2, 0) is 23.2 Å². The van der Waals surface area contributed by atoms with Gasteiger partial charge in [-0.3, -0.25) is 0 Å². The molecule has 0 aliphatic rings. The van der Waals surface area contributed by atoms with Gasteiger partial charge in [0.2, 0.25) is 0 Å². The molecule has 5 nitrogen and oxygen atoms in total. The van der Waals surface area contributed by atoms with Gasteiger partial charge in [0.25, 0.3) is 0 Å². The molecule has 2 N–H and O–H groups in total. The van der Waals surface area contributed by atoms with Crippen LogP contribution >= 0.6 is 34.8 Å². The Balaban J connectivity index is 0.000000263. The average Bonchev–Trinajstić information content (AvgIpc) is 3.07. The Hall–Kier alpha value is -3.17. The van der Waals surface area contributed by atoms with Gasteiger partial charge in [-0.25, -0.2) is 0 Å². The molecule has 0 amide bonds. The zero-order valence-electron chi connectivity index (χ0n) is 28.7. The van der Waals surface area contributed by atoms with Crippen molar-refractivity contribution >= 4 is 42.1 Å². The molecule has 0 fully saturated rings. The summed E-state index contributed by atoms with van der Waals surface area (Å²) in [6.07, 6.45) is 1.11. The van der Waals surface area contributed by atoms with E-state index < -0.39 is 12.7 Å². The SMILES string of the molecule is C[NH+](C)Cc1ccccc1.C[NH+](C)Cc1ccccc1.[O-]B([O-])OCCCC(c1ccc(Cl)cc1)(c1ccc(Cl)cc1)c1ccc(Cl)cc1. The summed E-state index contributed by atoms with van der Waals surface area (Å²) in [6.45, 7) is 2.30. The number of quaternary nitrogens is 2. The van der Waals surface area contributed by atoms with Gasteiger partial charge in [-0.05, 0) is 65.9 Å². The van der Waals surface area contributed by atoms with Gasteiger partial charge in [0.05, 0.1) is 35.5 Å². The largest absolute Gasteiger partial charge is 0.871 e. The molecule has 0 bridgehead atoms. The van der Waals surface area contributed by atoms with Crippen LogP contribution in [0.25, 0.3) is 0 Å². The summed E-state index contributed by atoms with van der Waals surface area (Å²) >= 11 is 18.4. The van der Waals surface area contributed by atoms with E-state index in [2.05, 4.69) is 88.9 Å². The van der Waals surface area contributed by atoms with Gasteiger partial charge in [0.1, 0.15) is 13.1 Å². The molecule has 49 heavy (non-hydrogen) atoms. The fourth-order valence-corrected chi connectivity index (χ4v) is 6.04. The topological polar surface area (TPSA) is 64.2 Å². The molecule has 0 saturated carbocycles. The molecular formula is C40H46BCl3N2O3. The quantitative estimate of drug-likeness (QED) is 0.107. The first-order valence-electron chi connectivity index (χ1n) is 16.4. The van der Waals surface area contributed by atoms with Crippen LogP contribution in [0.3, 0.4) is 0 Å². The van der Waals surface area contributed by atoms with E-state index in [-0.39, 0.29) is 6.61 Å². The number of rotatable bonds is 12. The van der Waals surface area contributed by atoms with Crippen molar-refractivity contribution in [1.82, 2.24) is 0 Å². The highest BCUT2D eigenvalue weighted by Gasteiger charge is 2.36. The zero-order chi connectivity index (χ0) is 35.6. The molecule has 5 aromatic rings. The predicted molar refractivity (Wildman–Crippen MR) is 201 cm³/mol. The molecule has 258 valence electrons. The molecule has 0 atom stereocenters. The van der Waals surface area contributed by atoms with Crippen molar-refractivity contribution in [3.63, 3.8) is 0 Å². The molecule has 0 radical (unpaired) electrons. The highest BCUT2D eigenvalue weighted by molar-refractivity contribution is 6.31. The maximum atomic E-state index is 10.8. The fraction of sp³-hybridized carbons (Fsp3) is 0.250. The van der Waals surface area contributed by atoms with E-state index in [0.29, 0.717) is 27.9 Å². The molecular weight excluding hydrogens is 674 g/mol. The molecule has 0 spiro atoms. The standard InChI is InChI=1S/C22H18BCl3O3.2C9H13N/c24-19-8-2-16(3-9-19)22(14-1-15-29-23(27)28,17-4-10-20(25)11-5-17)18-6-12-21(26)13-7-18;2*1-10(2)8-9-6-4-3-5-7-9/h2-13H,1,14-15H2;2*3-7H,8H2,1-2H3/q-2;;/p+2. The lowest BCUT2D eigenvalue weighted by molar-refractivity contribution is -0.872. The van der Waals surface area contributed by atoms with Crippen LogP contribution in [0.15, 0.2) is 133 Å². The fourth-order valence-electron chi connectivity index (χ4n) is 5.66. The van der Waals surface area contributed by atoms with E-state index in [1.54, 1.807) is 0 Å². The van der Waals surface area contributed by atoms with Gasteiger partial charge in [0, 0.05) is 38.2 Å². The van der Waals surface area contributed by atoms with E-state index in [1.807, 2.05) is 72.8 Å². The summed E-state index contributed by atoms with van der Waals surface area (Å²) in [7, 11) is 6.35. The number of nitrogens with one attached hydrogen (secondary N) is 2. The normalized spacial score (nSPS) is 11.0. The van der Waals surface area contributed by atoms with Gasteiger partial charge < -0.3 is 24.5 Å². The third-order valence-corrected chi connectivity index (χ3v) is 8.52. The van der Waals surface area contributed by atoms with E-state index in [9.17, 15) is 10.0 Å².